The summed E-state index contributed by atoms with van der Waals surface area (Å²) in [5.74, 6) is -0.364. The summed E-state index contributed by atoms with van der Waals surface area (Å²) in [4.78, 5) is 16.6. The van der Waals surface area contributed by atoms with E-state index in [4.69, 9.17) is 5.26 Å². The fraction of sp³-hybridized carbons (Fsp3) is 0.0357. The van der Waals surface area contributed by atoms with Crippen LogP contribution in [0.25, 0.3) is 16.3 Å². The van der Waals surface area contributed by atoms with Crippen LogP contribution in [0.2, 0.25) is 0 Å². The quantitative estimate of drug-likeness (QED) is 0.260. The minimum atomic E-state index is -4.44. The minimum Gasteiger partial charge on any atom is -0.322 e. The van der Waals surface area contributed by atoms with Crippen LogP contribution in [0.1, 0.15) is 22.3 Å². The Morgan fingerprint density at radius 1 is 0.943 bits per heavy atom. The molecule has 7 heteroatoms. The van der Waals surface area contributed by atoms with E-state index in [1.54, 1.807) is 48.8 Å². The van der Waals surface area contributed by atoms with Gasteiger partial charge in [-0.2, -0.15) is 18.4 Å². The molecule has 0 atom stereocenters. The highest BCUT2D eigenvalue weighted by molar-refractivity contribution is 6.06. The fourth-order valence-corrected chi connectivity index (χ4v) is 3.56. The van der Waals surface area contributed by atoms with Gasteiger partial charge in [-0.25, -0.2) is 0 Å². The van der Waals surface area contributed by atoms with Crippen molar-refractivity contribution >= 4 is 27.9 Å². The maximum absolute atomic E-state index is 13.0. The van der Waals surface area contributed by atoms with Crippen LogP contribution in [0.3, 0.4) is 0 Å². The van der Waals surface area contributed by atoms with E-state index in [0.29, 0.717) is 28.0 Å². The predicted molar refractivity (Wildman–Crippen MR) is 129 cm³/mol. The number of aromatic nitrogens is 1. The first-order chi connectivity index (χ1) is 16.8. The molecule has 4 rings (SSSR count). The van der Waals surface area contributed by atoms with Gasteiger partial charge in [0.25, 0.3) is 0 Å². The van der Waals surface area contributed by atoms with E-state index in [-0.39, 0.29) is 5.91 Å². The van der Waals surface area contributed by atoms with E-state index >= 15 is 0 Å². The number of nitrogens with one attached hydrogen (secondary N) is 1. The molecule has 1 N–H and O–H groups in total. The second-order valence-corrected chi connectivity index (χ2v) is 7.60. The Bertz CT molecular complexity index is 1460. The number of amides is 1. The Morgan fingerprint density at radius 2 is 1.63 bits per heavy atom. The second kappa shape index (κ2) is 10.1. The average Bonchev–Trinajstić information content (AvgIpc) is 2.87. The van der Waals surface area contributed by atoms with Gasteiger partial charge in [-0.3, -0.25) is 9.78 Å². The average molecular weight is 469 g/mol. The number of halogens is 3. The maximum Gasteiger partial charge on any atom is 0.416 e. The number of hydrogen-bond acceptors (Lipinski definition) is 3. The van der Waals surface area contributed by atoms with Crippen LogP contribution in [0, 0.1) is 11.3 Å². The Hall–Kier alpha value is -4.70. The van der Waals surface area contributed by atoms with Crippen LogP contribution < -0.4 is 5.32 Å². The van der Waals surface area contributed by atoms with Gasteiger partial charge in [0.05, 0.1) is 17.2 Å². The lowest BCUT2D eigenvalue weighted by molar-refractivity contribution is -0.137. The number of nitriles is 1. The Kier molecular flexibility index (Phi) is 6.74. The molecule has 0 spiro atoms. The number of benzene rings is 3. The first-order valence-corrected chi connectivity index (χ1v) is 10.6. The molecule has 0 aliphatic carbocycles. The zero-order valence-corrected chi connectivity index (χ0v) is 18.3. The molecule has 0 saturated heterocycles. The molecule has 0 fully saturated rings. The van der Waals surface area contributed by atoms with Crippen molar-refractivity contribution in [3.63, 3.8) is 0 Å². The normalized spacial score (nSPS) is 12.0. The van der Waals surface area contributed by atoms with Gasteiger partial charge in [0.15, 0.2) is 0 Å². The molecule has 1 amide bonds. The molecule has 4 aromatic rings. The Morgan fingerprint density at radius 3 is 2.29 bits per heavy atom. The molecular weight excluding hydrogens is 451 g/mol. The molecule has 1 heterocycles. The van der Waals surface area contributed by atoms with E-state index in [1.807, 2.05) is 24.3 Å². The number of anilines is 1. The molecule has 0 unspecified atom stereocenters. The van der Waals surface area contributed by atoms with E-state index < -0.39 is 11.7 Å². The summed E-state index contributed by atoms with van der Waals surface area (Å²) in [7, 11) is 0. The SMILES string of the molecule is N#Cc1ccc(C(=CC=CC(=O)Nc2cccc3cnccc23)c2ccc(C(F)(F)F)cc2)cc1. The first-order valence-electron chi connectivity index (χ1n) is 10.6. The van der Waals surface area contributed by atoms with Crippen LogP contribution in [-0.4, -0.2) is 10.9 Å². The molecule has 3 aromatic carbocycles. The highest BCUT2D eigenvalue weighted by Crippen LogP contribution is 2.31. The number of carbonyl (C=O) groups excluding carboxylic acids is 1. The molecule has 172 valence electrons. The largest absolute Gasteiger partial charge is 0.416 e. The smallest absolute Gasteiger partial charge is 0.322 e. The number of carbonyl (C=O) groups is 1. The van der Waals surface area contributed by atoms with Crippen LogP contribution in [0.4, 0.5) is 18.9 Å². The number of fused-ring (bicyclic) bond motifs is 1. The zero-order valence-electron chi connectivity index (χ0n) is 18.3. The van der Waals surface area contributed by atoms with E-state index in [9.17, 15) is 18.0 Å². The van der Waals surface area contributed by atoms with Gasteiger partial charge in [-0.15, -0.1) is 0 Å². The Balaban J connectivity index is 1.62. The summed E-state index contributed by atoms with van der Waals surface area (Å²) >= 11 is 0. The molecule has 4 nitrogen and oxygen atoms in total. The summed E-state index contributed by atoms with van der Waals surface area (Å²) in [6.45, 7) is 0. The van der Waals surface area contributed by atoms with Gasteiger partial charge >= 0.3 is 6.18 Å². The van der Waals surface area contributed by atoms with Crippen LogP contribution >= 0.6 is 0 Å². The number of pyridine rings is 1. The van der Waals surface area contributed by atoms with Crippen molar-refractivity contribution in [2.75, 3.05) is 5.32 Å². The molecular formula is C28H18F3N3O. The van der Waals surface area contributed by atoms with Crippen LogP contribution in [0.15, 0.2) is 103 Å². The lowest BCUT2D eigenvalue weighted by Gasteiger charge is -2.11. The van der Waals surface area contributed by atoms with Gasteiger partial charge in [0.2, 0.25) is 5.91 Å². The highest BCUT2D eigenvalue weighted by Gasteiger charge is 2.30. The van der Waals surface area contributed by atoms with Crippen molar-refractivity contribution in [1.29, 1.82) is 5.26 Å². The summed E-state index contributed by atoms with van der Waals surface area (Å²) in [6.07, 6.45) is 3.44. The summed E-state index contributed by atoms with van der Waals surface area (Å²) in [5, 5.41) is 13.6. The van der Waals surface area contributed by atoms with E-state index in [0.717, 1.165) is 22.9 Å². The van der Waals surface area contributed by atoms with Gasteiger partial charge in [-0.1, -0.05) is 48.6 Å². The Labute approximate surface area is 199 Å². The molecule has 0 aliphatic rings. The van der Waals surface area contributed by atoms with Crippen molar-refractivity contribution < 1.29 is 18.0 Å². The fourth-order valence-electron chi connectivity index (χ4n) is 3.56. The summed E-state index contributed by atoms with van der Waals surface area (Å²) in [6, 6.07) is 20.8. The van der Waals surface area contributed by atoms with Gasteiger partial charge < -0.3 is 5.32 Å². The third-order valence-corrected chi connectivity index (χ3v) is 5.30. The van der Waals surface area contributed by atoms with Crippen molar-refractivity contribution in [3.05, 3.63) is 126 Å². The third kappa shape index (κ3) is 5.63. The number of rotatable bonds is 5. The van der Waals surface area contributed by atoms with Crippen molar-refractivity contribution in [2.45, 2.75) is 6.18 Å². The lowest BCUT2D eigenvalue weighted by Crippen LogP contribution is -2.08. The number of alkyl halides is 3. The predicted octanol–water partition coefficient (Wildman–Crippen LogP) is 6.75. The monoisotopic (exact) mass is 469 g/mol. The number of nitrogens with zero attached hydrogens (tertiary/aromatic N) is 2. The van der Waals surface area contributed by atoms with Crippen LogP contribution in [-0.2, 0) is 11.0 Å². The summed E-state index contributed by atoms with van der Waals surface area (Å²) < 4.78 is 39.0. The van der Waals surface area contributed by atoms with Crippen molar-refractivity contribution in [2.24, 2.45) is 0 Å². The minimum absolute atomic E-state index is 0.364. The number of allylic oxidation sites excluding steroid dienone is 2. The molecule has 0 saturated carbocycles. The first kappa shape index (κ1) is 23.5. The lowest BCUT2D eigenvalue weighted by atomic mass is 9.95. The van der Waals surface area contributed by atoms with Crippen molar-refractivity contribution in [1.82, 2.24) is 4.98 Å². The highest BCUT2D eigenvalue weighted by atomic mass is 19.4. The summed E-state index contributed by atoms with van der Waals surface area (Å²) in [5.41, 5.74) is 2.17. The molecule has 35 heavy (non-hydrogen) atoms. The topological polar surface area (TPSA) is 65.8 Å². The maximum atomic E-state index is 13.0. The van der Waals surface area contributed by atoms with E-state index in [2.05, 4.69) is 10.3 Å². The van der Waals surface area contributed by atoms with Gasteiger partial charge in [0.1, 0.15) is 0 Å². The third-order valence-electron chi connectivity index (χ3n) is 5.30. The molecule has 1 aromatic heterocycles. The second-order valence-electron chi connectivity index (χ2n) is 7.60. The van der Waals surface area contributed by atoms with Crippen molar-refractivity contribution in [3.8, 4) is 6.07 Å². The molecule has 0 radical (unpaired) electrons. The van der Waals surface area contributed by atoms with Gasteiger partial charge in [0, 0.05) is 34.9 Å². The van der Waals surface area contributed by atoms with Gasteiger partial charge in [-0.05, 0) is 53.1 Å². The molecule has 0 bridgehead atoms. The standard InChI is InChI=1S/C28H18F3N3O/c29-28(30,31)23-13-11-21(12-14-23)24(20-9-7-19(17-32)8-10-20)4-2-6-27(35)34-26-5-1-3-22-18-33-16-15-25(22)26/h1-16,18H,(H,34,35). The van der Waals surface area contributed by atoms with E-state index in [1.165, 1.54) is 24.3 Å². The zero-order chi connectivity index (χ0) is 24.8. The van der Waals surface area contributed by atoms with Crippen LogP contribution in [0.5, 0.6) is 0 Å². The number of hydrogen-bond donors (Lipinski definition) is 1. The molecule has 0 aliphatic heterocycles.